The number of benzene rings is 1. The van der Waals surface area contributed by atoms with Crippen LogP contribution in [0.1, 0.15) is 30.7 Å². The molecule has 2 N–H and O–H groups in total. The number of ether oxygens (including phenoxy) is 1. The third kappa shape index (κ3) is 3.10. The Morgan fingerprint density at radius 3 is 3.00 bits per heavy atom. The molecule has 0 spiro atoms. The summed E-state index contributed by atoms with van der Waals surface area (Å²) in [5, 5.41) is 5.70. The van der Waals surface area contributed by atoms with Crippen molar-refractivity contribution in [2.24, 2.45) is 0 Å². The van der Waals surface area contributed by atoms with Crippen LogP contribution in [0.2, 0.25) is 0 Å². The summed E-state index contributed by atoms with van der Waals surface area (Å²) in [6.45, 7) is 1.33. The van der Waals surface area contributed by atoms with E-state index in [1.165, 1.54) is 6.07 Å². The zero-order valence-electron chi connectivity index (χ0n) is 11.3. The molecule has 5 heteroatoms. The summed E-state index contributed by atoms with van der Waals surface area (Å²) in [6, 6.07) is 6.60. The van der Waals surface area contributed by atoms with Crippen molar-refractivity contribution in [2.75, 3.05) is 13.2 Å². The van der Waals surface area contributed by atoms with Crippen LogP contribution in [-0.4, -0.2) is 31.3 Å². The van der Waals surface area contributed by atoms with E-state index in [1.807, 2.05) is 6.07 Å². The highest BCUT2D eigenvalue weighted by Gasteiger charge is 2.40. The fraction of sp³-hybridized carbons (Fsp3) is 0.533. The number of hydrogen-bond acceptors (Lipinski definition) is 2. The van der Waals surface area contributed by atoms with E-state index in [2.05, 4.69) is 10.6 Å². The van der Waals surface area contributed by atoms with E-state index in [4.69, 9.17) is 4.74 Å². The molecule has 1 aliphatic heterocycles. The van der Waals surface area contributed by atoms with E-state index in [1.54, 1.807) is 12.1 Å². The van der Waals surface area contributed by atoms with Crippen LogP contribution < -0.4 is 10.6 Å². The molecule has 1 saturated heterocycles. The van der Waals surface area contributed by atoms with Gasteiger partial charge in [-0.15, -0.1) is 0 Å². The molecule has 1 aliphatic carbocycles. The van der Waals surface area contributed by atoms with Gasteiger partial charge >= 0.3 is 6.03 Å². The first-order valence-electron chi connectivity index (χ1n) is 7.14. The molecule has 20 heavy (non-hydrogen) atoms. The number of nitrogens with one attached hydrogen (secondary N) is 2. The van der Waals surface area contributed by atoms with Crippen molar-refractivity contribution >= 4 is 6.03 Å². The SMILES string of the molecule is O=C(NC[C@@H]1CCCO1)N[C@H]1C[C@H]1c1ccccc1F. The van der Waals surface area contributed by atoms with Crippen LogP contribution >= 0.6 is 0 Å². The summed E-state index contributed by atoms with van der Waals surface area (Å²) in [6.07, 6.45) is 3.00. The maximum atomic E-state index is 13.6. The monoisotopic (exact) mass is 278 g/mol. The number of halogens is 1. The van der Waals surface area contributed by atoms with Gasteiger partial charge in [-0.05, 0) is 30.9 Å². The highest BCUT2D eigenvalue weighted by atomic mass is 19.1. The number of carbonyl (C=O) groups is 1. The molecule has 2 amide bonds. The van der Waals surface area contributed by atoms with Crippen molar-refractivity contribution in [3.8, 4) is 0 Å². The lowest BCUT2D eigenvalue weighted by Gasteiger charge is -2.11. The Morgan fingerprint density at radius 2 is 2.25 bits per heavy atom. The van der Waals surface area contributed by atoms with Gasteiger partial charge in [-0.3, -0.25) is 0 Å². The van der Waals surface area contributed by atoms with E-state index in [-0.39, 0.29) is 29.9 Å². The van der Waals surface area contributed by atoms with Gasteiger partial charge in [0, 0.05) is 25.1 Å². The quantitative estimate of drug-likeness (QED) is 0.886. The van der Waals surface area contributed by atoms with Crippen LogP contribution in [0, 0.1) is 5.82 Å². The smallest absolute Gasteiger partial charge is 0.315 e. The largest absolute Gasteiger partial charge is 0.376 e. The highest BCUT2D eigenvalue weighted by Crippen LogP contribution is 2.41. The zero-order chi connectivity index (χ0) is 13.9. The van der Waals surface area contributed by atoms with Crippen LogP contribution in [0.4, 0.5) is 9.18 Å². The molecule has 2 aliphatic rings. The second kappa shape index (κ2) is 5.79. The van der Waals surface area contributed by atoms with Crippen LogP contribution in [0.3, 0.4) is 0 Å². The van der Waals surface area contributed by atoms with Gasteiger partial charge in [0.1, 0.15) is 5.82 Å². The highest BCUT2D eigenvalue weighted by molar-refractivity contribution is 5.75. The Kier molecular flexibility index (Phi) is 3.87. The number of urea groups is 1. The van der Waals surface area contributed by atoms with Gasteiger partial charge in [-0.25, -0.2) is 9.18 Å². The van der Waals surface area contributed by atoms with Crippen LogP contribution in [0.15, 0.2) is 24.3 Å². The van der Waals surface area contributed by atoms with E-state index in [0.29, 0.717) is 12.1 Å². The Balaban J connectivity index is 1.43. The molecule has 3 atom stereocenters. The van der Waals surface area contributed by atoms with E-state index >= 15 is 0 Å². The van der Waals surface area contributed by atoms with E-state index < -0.39 is 0 Å². The summed E-state index contributed by atoms with van der Waals surface area (Å²) in [5.41, 5.74) is 0.692. The first-order chi connectivity index (χ1) is 9.74. The van der Waals surface area contributed by atoms with Gasteiger partial charge in [-0.2, -0.15) is 0 Å². The molecule has 1 heterocycles. The molecule has 4 nitrogen and oxygen atoms in total. The van der Waals surface area contributed by atoms with Crippen molar-refractivity contribution in [1.82, 2.24) is 10.6 Å². The van der Waals surface area contributed by atoms with Gasteiger partial charge in [0.15, 0.2) is 0 Å². The summed E-state index contributed by atoms with van der Waals surface area (Å²) in [5.74, 6) is -0.0914. The third-order valence-electron chi connectivity index (χ3n) is 3.93. The van der Waals surface area contributed by atoms with Gasteiger partial charge in [0.25, 0.3) is 0 Å². The predicted octanol–water partition coefficient (Wildman–Crippen LogP) is 2.16. The minimum absolute atomic E-state index is 0.0383. The van der Waals surface area contributed by atoms with E-state index in [9.17, 15) is 9.18 Å². The average molecular weight is 278 g/mol. The maximum absolute atomic E-state index is 13.6. The van der Waals surface area contributed by atoms with Crippen molar-refractivity contribution in [3.63, 3.8) is 0 Å². The minimum atomic E-state index is -0.193. The second-order valence-corrected chi connectivity index (χ2v) is 5.46. The van der Waals surface area contributed by atoms with Crippen LogP contribution in [0.25, 0.3) is 0 Å². The first kappa shape index (κ1) is 13.4. The van der Waals surface area contributed by atoms with Crippen molar-refractivity contribution < 1.29 is 13.9 Å². The number of carbonyl (C=O) groups excluding carboxylic acids is 1. The lowest BCUT2D eigenvalue weighted by atomic mass is 10.1. The standard InChI is InChI=1S/C15H19FN2O2/c16-13-6-2-1-5-11(13)12-8-14(12)18-15(19)17-9-10-4-3-7-20-10/h1-2,5-6,10,12,14H,3-4,7-9H2,(H2,17,18,19)/t10-,12-,14-/m0/s1. The first-order valence-corrected chi connectivity index (χ1v) is 7.14. The topological polar surface area (TPSA) is 50.4 Å². The summed E-state index contributed by atoms with van der Waals surface area (Å²) in [7, 11) is 0. The molecule has 2 fully saturated rings. The number of rotatable bonds is 4. The summed E-state index contributed by atoms with van der Waals surface area (Å²) >= 11 is 0. The number of hydrogen-bond donors (Lipinski definition) is 2. The van der Waals surface area contributed by atoms with Crippen LogP contribution in [0.5, 0.6) is 0 Å². The summed E-state index contributed by atoms with van der Waals surface area (Å²) in [4.78, 5) is 11.7. The molecule has 0 radical (unpaired) electrons. The molecular weight excluding hydrogens is 259 g/mol. The Labute approximate surface area is 117 Å². The maximum Gasteiger partial charge on any atom is 0.315 e. The number of amides is 2. The minimum Gasteiger partial charge on any atom is -0.376 e. The third-order valence-corrected chi connectivity index (χ3v) is 3.93. The Morgan fingerprint density at radius 1 is 1.40 bits per heavy atom. The Hall–Kier alpha value is -1.62. The lowest BCUT2D eigenvalue weighted by molar-refractivity contribution is 0.111. The molecule has 1 saturated carbocycles. The van der Waals surface area contributed by atoms with E-state index in [0.717, 1.165) is 25.9 Å². The average Bonchev–Trinajstić information content (AvgIpc) is 2.99. The predicted molar refractivity (Wildman–Crippen MR) is 73.1 cm³/mol. The van der Waals surface area contributed by atoms with Crippen molar-refractivity contribution in [2.45, 2.75) is 37.3 Å². The van der Waals surface area contributed by atoms with Crippen molar-refractivity contribution in [3.05, 3.63) is 35.6 Å². The molecule has 1 aromatic rings. The Bertz CT molecular complexity index is 489. The fourth-order valence-corrected chi connectivity index (χ4v) is 2.71. The summed E-state index contributed by atoms with van der Waals surface area (Å²) < 4.78 is 19.0. The molecule has 0 aromatic heterocycles. The molecule has 1 aromatic carbocycles. The molecule has 0 unspecified atom stereocenters. The van der Waals surface area contributed by atoms with Crippen molar-refractivity contribution in [1.29, 1.82) is 0 Å². The van der Waals surface area contributed by atoms with Gasteiger partial charge < -0.3 is 15.4 Å². The fourth-order valence-electron chi connectivity index (χ4n) is 2.71. The lowest BCUT2D eigenvalue weighted by Crippen LogP contribution is -2.40. The van der Waals surface area contributed by atoms with Gasteiger partial charge in [0.05, 0.1) is 6.10 Å². The molecule has 108 valence electrons. The normalized spacial score (nSPS) is 28.1. The molecule has 0 bridgehead atoms. The van der Waals surface area contributed by atoms with Gasteiger partial charge in [-0.1, -0.05) is 18.2 Å². The second-order valence-electron chi connectivity index (χ2n) is 5.46. The van der Waals surface area contributed by atoms with Crippen LogP contribution in [-0.2, 0) is 4.74 Å². The molecular formula is C15H19FN2O2. The zero-order valence-corrected chi connectivity index (χ0v) is 11.3. The van der Waals surface area contributed by atoms with Gasteiger partial charge in [0.2, 0.25) is 0 Å². The molecule has 3 rings (SSSR count).